The molecule has 5 heteroatoms. The second kappa shape index (κ2) is 4.81. The molecule has 0 amide bonds. The Morgan fingerprint density at radius 3 is 2.43 bits per heavy atom. The van der Waals surface area contributed by atoms with Gasteiger partial charge in [-0.2, -0.15) is 0 Å². The monoisotopic (exact) mass is 239 g/mol. The number of piperidine rings is 1. The number of rotatable bonds is 1. The fraction of sp³-hybridized carbons (Fsp3) is 1.00. The fourth-order valence-electron chi connectivity index (χ4n) is 2.54. The standard InChI is InChI=1S/C9H17NO2S.ClH/c11-13(12)6-2-4-9(13)8-3-1-5-10-7-8;/h8-10H,1-7H2;1H. The van der Waals surface area contributed by atoms with Crippen molar-refractivity contribution in [3.63, 3.8) is 0 Å². The molecule has 2 aliphatic rings. The van der Waals surface area contributed by atoms with Crippen LogP contribution in [0.5, 0.6) is 0 Å². The summed E-state index contributed by atoms with van der Waals surface area (Å²) in [7, 11) is -2.73. The van der Waals surface area contributed by atoms with Crippen molar-refractivity contribution in [3.05, 3.63) is 0 Å². The summed E-state index contributed by atoms with van der Waals surface area (Å²) < 4.78 is 23.3. The quantitative estimate of drug-likeness (QED) is 0.742. The molecule has 2 fully saturated rings. The maximum absolute atomic E-state index is 11.6. The van der Waals surface area contributed by atoms with Gasteiger partial charge >= 0.3 is 0 Å². The van der Waals surface area contributed by atoms with E-state index in [1.54, 1.807) is 0 Å². The van der Waals surface area contributed by atoms with Crippen LogP contribution in [0.15, 0.2) is 0 Å². The van der Waals surface area contributed by atoms with Gasteiger partial charge in [0, 0.05) is 0 Å². The maximum atomic E-state index is 11.6. The zero-order valence-corrected chi connectivity index (χ0v) is 9.87. The average Bonchev–Trinajstić information content (AvgIpc) is 2.47. The van der Waals surface area contributed by atoms with Crippen molar-refractivity contribution in [3.8, 4) is 0 Å². The first-order chi connectivity index (χ1) is 6.20. The Balaban J connectivity index is 0.000000980. The topological polar surface area (TPSA) is 46.2 Å². The first kappa shape index (κ1) is 12.3. The molecule has 2 saturated heterocycles. The van der Waals surface area contributed by atoms with Crippen molar-refractivity contribution in [1.29, 1.82) is 0 Å². The van der Waals surface area contributed by atoms with Gasteiger partial charge in [-0.05, 0) is 44.7 Å². The van der Waals surface area contributed by atoms with Crippen molar-refractivity contribution in [2.45, 2.75) is 30.9 Å². The summed E-state index contributed by atoms with van der Waals surface area (Å²) in [5.41, 5.74) is 0. The number of sulfone groups is 1. The minimum Gasteiger partial charge on any atom is -0.316 e. The molecule has 1 N–H and O–H groups in total. The minimum absolute atomic E-state index is 0. The molecule has 0 aromatic rings. The van der Waals surface area contributed by atoms with E-state index in [0.717, 1.165) is 38.8 Å². The molecule has 2 heterocycles. The van der Waals surface area contributed by atoms with Crippen LogP contribution in [0.25, 0.3) is 0 Å². The number of halogens is 1. The van der Waals surface area contributed by atoms with Gasteiger partial charge in [-0.25, -0.2) is 8.42 Å². The van der Waals surface area contributed by atoms with Crippen LogP contribution in [0, 0.1) is 5.92 Å². The molecule has 0 aromatic heterocycles. The first-order valence-corrected chi connectivity index (χ1v) is 6.84. The Labute approximate surface area is 92.0 Å². The normalized spacial score (nSPS) is 36.3. The third kappa shape index (κ3) is 2.41. The zero-order chi connectivity index (χ0) is 9.31. The summed E-state index contributed by atoms with van der Waals surface area (Å²) in [5.74, 6) is 0.815. The van der Waals surface area contributed by atoms with E-state index in [-0.39, 0.29) is 17.7 Å². The van der Waals surface area contributed by atoms with E-state index >= 15 is 0 Å². The number of hydrogen-bond acceptors (Lipinski definition) is 3. The van der Waals surface area contributed by atoms with E-state index in [9.17, 15) is 8.42 Å². The van der Waals surface area contributed by atoms with Gasteiger partial charge in [0.2, 0.25) is 0 Å². The molecular formula is C9H18ClNO2S. The van der Waals surface area contributed by atoms with Crippen LogP contribution in [0.3, 0.4) is 0 Å². The van der Waals surface area contributed by atoms with Gasteiger partial charge in [-0.3, -0.25) is 0 Å². The van der Waals surface area contributed by atoms with Crippen molar-refractivity contribution in [1.82, 2.24) is 5.32 Å². The lowest BCUT2D eigenvalue weighted by Crippen LogP contribution is -2.38. The molecule has 2 rings (SSSR count). The highest BCUT2D eigenvalue weighted by atomic mass is 35.5. The van der Waals surface area contributed by atoms with Gasteiger partial charge in [0.15, 0.2) is 9.84 Å². The lowest BCUT2D eigenvalue weighted by Gasteiger charge is -2.27. The van der Waals surface area contributed by atoms with Crippen molar-refractivity contribution in [2.24, 2.45) is 5.92 Å². The van der Waals surface area contributed by atoms with E-state index in [2.05, 4.69) is 5.32 Å². The molecule has 3 nitrogen and oxygen atoms in total. The van der Waals surface area contributed by atoms with Crippen LogP contribution in [-0.2, 0) is 9.84 Å². The molecule has 0 aromatic carbocycles. The number of hydrogen-bond donors (Lipinski definition) is 1. The lowest BCUT2D eigenvalue weighted by molar-refractivity contribution is 0.356. The fourth-order valence-corrected chi connectivity index (χ4v) is 4.76. The molecule has 2 unspecified atom stereocenters. The number of nitrogens with one attached hydrogen (secondary N) is 1. The molecule has 0 radical (unpaired) electrons. The third-order valence-corrected chi connectivity index (χ3v) is 5.64. The van der Waals surface area contributed by atoms with Crippen LogP contribution in [0.2, 0.25) is 0 Å². The van der Waals surface area contributed by atoms with Crippen molar-refractivity contribution >= 4 is 22.2 Å². The average molecular weight is 240 g/mol. The smallest absolute Gasteiger partial charge is 0.153 e. The van der Waals surface area contributed by atoms with Gasteiger partial charge < -0.3 is 5.32 Å². The molecule has 2 atom stereocenters. The largest absolute Gasteiger partial charge is 0.316 e. The Morgan fingerprint density at radius 1 is 1.14 bits per heavy atom. The summed E-state index contributed by atoms with van der Waals surface area (Å²) >= 11 is 0. The first-order valence-electron chi connectivity index (χ1n) is 5.12. The second-order valence-corrected chi connectivity index (χ2v) is 6.49. The van der Waals surface area contributed by atoms with Crippen LogP contribution in [-0.4, -0.2) is 32.5 Å². The highest BCUT2D eigenvalue weighted by molar-refractivity contribution is 7.92. The van der Waals surface area contributed by atoms with E-state index in [1.165, 1.54) is 0 Å². The Kier molecular flexibility index (Phi) is 4.22. The summed E-state index contributed by atoms with van der Waals surface area (Å²) in [6.45, 7) is 1.97. The van der Waals surface area contributed by atoms with E-state index in [1.807, 2.05) is 0 Å². The van der Waals surface area contributed by atoms with Crippen LogP contribution >= 0.6 is 12.4 Å². The molecule has 14 heavy (non-hydrogen) atoms. The summed E-state index contributed by atoms with van der Waals surface area (Å²) in [6, 6.07) is 0. The SMILES string of the molecule is Cl.O=S1(=O)CCCC1C1CCCNC1. The third-order valence-electron chi connectivity index (χ3n) is 3.24. The van der Waals surface area contributed by atoms with Gasteiger partial charge in [0.1, 0.15) is 0 Å². The Hall–Kier alpha value is 0.200. The zero-order valence-electron chi connectivity index (χ0n) is 8.24. The molecule has 0 aliphatic carbocycles. The Morgan fingerprint density at radius 2 is 1.93 bits per heavy atom. The van der Waals surface area contributed by atoms with Gasteiger partial charge in [0.05, 0.1) is 11.0 Å². The highest BCUT2D eigenvalue weighted by Gasteiger charge is 2.37. The molecule has 84 valence electrons. The molecule has 0 spiro atoms. The highest BCUT2D eigenvalue weighted by Crippen LogP contribution is 2.30. The van der Waals surface area contributed by atoms with E-state index < -0.39 is 9.84 Å². The molecular weight excluding hydrogens is 222 g/mol. The van der Waals surface area contributed by atoms with E-state index in [0.29, 0.717) is 11.7 Å². The van der Waals surface area contributed by atoms with Crippen molar-refractivity contribution < 1.29 is 8.42 Å². The summed E-state index contributed by atoms with van der Waals surface area (Å²) in [4.78, 5) is 0. The second-order valence-electron chi connectivity index (χ2n) is 4.15. The molecule has 0 saturated carbocycles. The van der Waals surface area contributed by atoms with Crippen LogP contribution < -0.4 is 5.32 Å². The summed E-state index contributed by atoms with van der Waals surface area (Å²) in [5, 5.41) is 3.26. The Bertz CT molecular complexity index is 273. The lowest BCUT2D eigenvalue weighted by atomic mass is 9.94. The maximum Gasteiger partial charge on any atom is 0.153 e. The van der Waals surface area contributed by atoms with Crippen LogP contribution in [0.1, 0.15) is 25.7 Å². The van der Waals surface area contributed by atoms with Gasteiger partial charge in [0.25, 0.3) is 0 Å². The van der Waals surface area contributed by atoms with Crippen molar-refractivity contribution in [2.75, 3.05) is 18.8 Å². The van der Waals surface area contributed by atoms with E-state index in [4.69, 9.17) is 0 Å². The summed E-state index contributed by atoms with van der Waals surface area (Å²) in [6.07, 6.45) is 4.01. The minimum atomic E-state index is -2.73. The molecule has 0 bridgehead atoms. The van der Waals surface area contributed by atoms with Gasteiger partial charge in [-0.15, -0.1) is 12.4 Å². The predicted octanol–water partition coefficient (Wildman–Crippen LogP) is 0.985. The van der Waals surface area contributed by atoms with Crippen LogP contribution in [0.4, 0.5) is 0 Å². The van der Waals surface area contributed by atoms with Gasteiger partial charge in [-0.1, -0.05) is 0 Å². The predicted molar refractivity (Wildman–Crippen MR) is 59.7 cm³/mol. The molecule has 2 aliphatic heterocycles.